The number of nitrogens with zero attached hydrogens (tertiary/aromatic N) is 1. The largest absolute Gasteiger partial charge is 0.487 e. The summed E-state index contributed by atoms with van der Waals surface area (Å²) in [6.45, 7) is 3.31. The molecule has 2 rings (SSSR count). The van der Waals surface area contributed by atoms with E-state index in [2.05, 4.69) is 5.32 Å². The molecule has 0 saturated carbocycles. The molecule has 1 atom stereocenters. The van der Waals surface area contributed by atoms with E-state index in [0.29, 0.717) is 19.5 Å². The highest BCUT2D eigenvalue weighted by Crippen LogP contribution is 2.33. The van der Waals surface area contributed by atoms with Gasteiger partial charge in [-0.25, -0.2) is 0 Å². The van der Waals surface area contributed by atoms with Gasteiger partial charge in [0.15, 0.2) is 0 Å². The van der Waals surface area contributed by atoms with Gasteiger partial charge in [0, 0.05) is 13.0 Å². The van der Waals surface area contributed by atoms with Gasteiger partial charge in [0.2, 0.25) is 5.91 Å². The molecule has 1 aliphatic rings. The molecule has 0 aromatic heterocycles. The molecule has 1 aromatic carbocycles. The fourth-order valence-corrected chi connectivity index (χ4v) is 1.99. The predicted octanol–water partition coefficient (Wildman–Crippen LogP) is 1.41. The Morgan fingerprint density at radius 1 is 1.53 bits per heavy atom. The number of nitrogens with one attached hydrogen (secondary N) is 1. The van der Waals surface area contributed by atoms with Crippen LogP contribution in [0.15, 0.2) is 24.3 Å². The summed E-state index contributed by atoms with van der Waals surface area (Å²) in [6.07, 6.45) is 0.556. The van der Waals surface area contributed by atoms with Crippen LogP contribution in [0.1, 0.15) is 13.3 Å². The van der Waals surface area contributed by atoms with Gasteiger partial charge in [-0.2, -0.15) is 0 Å². The lowest BCUT2D eigenvalue weighted by Crippen LogP contribution is -2.43. The third-order valence-electron chi connectivity index (χ3n) is 2.81. The molecule has 1 amide bonds. The maximum absolute atomic E-state index is 12.1. The van der Waals surface area contributed by atoms with E-state index in [1.54, 1.807) is 0 Å². The zero-order valence-corrected chi connectivity index (χ0v) is 10.3. The van der Waals surface area contributed by atoms with E-state index < -0.39 is 0 Å². The van der Waals surface area contributed by atoms with Crippen LogP contribution in [0.2, 0.25) is 0 Å². The lowest BCUT2D eigenvalue weighted by molar-refractivity contribution is -0.119. The standard InChI is InChI=1S/C13H18N2O2/c1-10-9-15(13(16)7-8-14-2)11-5-3-4-6-12(11)17-10/h3-6,10,14H,7-9H2,1-2H3. The minimum absolute atomic E-state index is 0.0448. The Balaban J connectivity index is 2.20. The zero-order chi connectivity index (χ0) is 12.3. The van der Waals surface area contributed by atoms with Crippen molar-refractivity contribution in [2.75, 3.05) is 25.0 Å². The van der Waals surface area contributed by atoms with E-state index in [-0.39, 0.29) is 12.0 Å². The van der Waals surface area contributed by atoms with Gasteiger partial charge in [0.1, 0.15) is 11.9 Å². The number of ether oxygens (including phenoxy) is 1. The Morgan fingerprint density at radius 3 is 3.06 bits per heavy atom. The number of para-hydroxylation sites is 2. The molecule has 1 N–H and O–H groups in total. The van der Waals surface area contributed by atoms with Crippen molar-refractivity contribution in [3.05, 3.63) is 24.3 Å². The van der Waals surface area contributed by atoms with Crippen LogP contribution in [0.25, 0.3) is 0 Å². The Hall–Kier alpha value is -1.55. The van der Waals surface area contributed by atoms with Crippen LogP contribution in [0.4, 0.5) is 5.69 Å². The molecule has 4 nitrogen and oxygen atoms in total. The first-order chi connectivity index (χ1) is 8.22. The molecule has 0 saturated heterocycles. The normalized spacial score (nSPS) is 18.5. The first-order valence-electron chi connectivity index (χ1n) is 5.93. The molecular weight excluding hydrogens is 216 g/mol. The molecule has 1 aliphatic heterocycles. The van der Waals surface area contributed by atoms with Crippen LogP contribution in [-0.4, -0.2) is 32.1 Å². The van der Waals surface area contributed by atoms with E-state index >= 15 is 0 Å². The van der Waals surface area contributed by atoms with Gasteiger partial charge in [0.05, 0.1) is 12.2 Å². The highest BCUT2D eigenvalue weighted by Gasteiger charge is 2.26. The SMILES string of the molecule is CNCCC(=O)N1CC(C)Oc2ccccc21. The number of carbonyl (C=O) groups is 1. The molecule has 1 unspecified atom stereocenters. The van der Waals surface area contributed by atoms with Gasteiger partial charge >= 0.3 is 0 Å². The minimum atomic E-state index is 0.0448. The maximum atomic E-state index is 12.1. The number of carbonyl (C=O) groups excluding carboxylic acids is 1. The molecule has 1 aromatic rings. The Labute approximate surface area is 102 Å². The van der Waals surface area contributed by atoms with Crippen LogP contribution in [0.5, 0.6) is 5.75 Å². The first kappa shape index (κ1) is 11.9. The minimum Gasteiger partial charge on any atom is -0.487 e. The summed E-state index contributed by atoms with van der Waals surface area (Å²) in [5.74, 6) is 0.936. The summed E-state index contributed by atoms with van der Waals surface area (Å²) >= 11 is 0. The number of hydrogen-bond acceptors (Lipinski definition) is 3. The lowest BCUT2D eigenvalue weighted by Gasteiger charge is -2.33. The summed E-state index contributed by atoms with van der Waals surface area (Å²) in [6, 6.07) is 7.69. The average molecular weight is 234 g/mol. The Morgan fingerprint density at radius 2 is 2.29 bits per heavy atom. The number of anilines is 1. The van der Waals surface area contributed by atoms with Gasteiger partial charge in [-0.05, 0) is 26.1 Å². The molecule has 4 heteroatoms. The lowest BCUT2D eigenvalue weighted by atomic mass is 10.2. The van der Waals surface area contributed by atoms with Crippen molar-refractivity contribution >= 4 is 11.6 Å². The van der Waals surface area contributed by atoms with Crippen molar-refractivity contribution in [2.45, 2.75) is 19.4 Å². The molecule has 1 heterocycles. The van der Waals surface area contributed by atoms with Gasteiger partial charge < -0.3 is 15.0 Å². The molecule has 0 aliphatic carbocycles. The van der Waals surface area contributed by atoms with Gasteiger partial charge in [-0.3, -0.25) is 4.79 Å². The van der Waals surface area contributed by atoms with E-state index in [4.69, 9.17) is 4.74 Å². The molecule has 0 radical (unpaired) electrons. The molecule has 92 valence electrons. The van der Waals surface area contributed by atoms with Crippen LogP contribution in [0.3, 0.4) is 0 Å². The van der Waals surface area contributed by atoms with Crippen molar-refractivity contribution in [1.29, 1.82) is 0 Å². The quantitative estimate of drug-likeness (QED) is 0.859. The Kier molecular flexibility index (Phi) is 3.64. The van der Waals surface area contributed by atoms with Crippen LogP contribution >= 0.6 is 0 Å². The fraction of sp³-hybridized carbons (Fsp3) is 0.462. The summed E-state index contributed by atoms with van der Waals surface area (Å²) < 4.78 is 5.71. The number of benzene rings is 1. The second-order valence-corrected chi connectivity index (χ2v) is 4.25. The summed E-state index contributed by atoms with van der Waals surface area (Å²) in [7, 11) is 1.85. The number of fused-ring (bicyclic) bond motifs is 1. The third-order valence-corrected chi connectivity index (χ3v) is 2.81. The fourth-order valence-electron chi connectivity index (χ4n) is 1.99. The molecule has 17 heavy (non-hydrogen) atoms. The smallest absolute Gasteiger partial charge is 0.228 e. The Bertz CT molecular complexity index is 406. The van der Waals surface area contributed by atoms with Crippen molar-refractivity contribution in [3.63, 3.8) is 0 Å². The molecule has 0 fully saturated rings. The second kappa shape index (κ2) is 5.19. The molecule has 0 spiro atoms. The highest BCUT2D eigenvalue weighted by atomic mass is 16.5. The van der Waals surface area contributed by atoms with Gasteiger partial charge in [-0.1, -0.05) is 12.1 Å². The first-order valence-corrected chi connectivity index (χ1v) is 5.93. The van der Waals surface area contributed by atoms with Gasteiger partial charge in [0.25, 0.3) is 0 Å². The molecular formula is C13H18N2O2. The summed E-state index contributed by atoms with van der Waals surface area (Å²) in [4.78, 5) is 13.9. The summed E-state index contributed by atoms with van der Waals surface area (Å²) in [5.41, 5.74) is 0.881. The van der Waals surface area contributed by atoms with E-state index in [1.807, 2.05) is 43.1 Å². The maximum Gasteiger partial charge on any atom is 0.228 e. The third kappa shape index (κ3) is 2.58. The highest BCUT2D eigenvalue weighted by molar-refractivity contribution is 5.95. The van der Waals surface area contributed by atoms with Crippen LogP contribution in [0, 0.1) is 0 Å². The zero-order valence-electron chi connectivity index (χ0n) is 10.3. The topological polar surface area (TPSA) is 41.6 Å². The van der Waals surface area contributed by atoms with E-state index in [1.165, 1.54) is 0 Å². The van der Waals surface area contributed by atoms with E-state index in [0.717, 1.165) is 11.4 Å². The van der Waals surface area contributed by atoms with E-state index in [9.17, 15) is 4.79 Å². The van der Waals surface area contributed by atoms with Crippen molar-refractivity contribution < 1.29 is 9.53 Å². The summed E-state index contributed by atoms with van der Waals surface area (Å²) in [5, 5.41) is 2.99. The number of rotatable bonds is 3. The molecule has 0 bridgehead atoms. The second-order valence-electron chi connectivity index (χ2n) is 4.25. The average Bonchev–Trinajstić information content (AvgIpc) is 2.34. The van der Waals surface area contributed by atoms with Crippen LogP contribution < -0.4 is 15.0 Å². The van der Waals surface area contributed by atoms with Crippen molar-refractivity contribution in [3.8, 4) is 5.75 Å². The van der Waals surface area contributed by atoms with Crippen molar-refractivity contribution in [2.24, 2.45) is 0 Å². The predicted molar refractivity (Wildman–Crippen MR) is 67.4 cm³/mol. The monoisotopic (exact) mass is 234 g/mol. The van der Waals surface area contributed by atoms with Crippen LogP contribution in [-0.2, 0) is 4.79 Å². The van der Waals surface area contributed by atoms with Crippen molar-refractivity contribution in [1.82, 2.24) is 5.32 Å². The number of hydrogen-bond donors (Lipinski definition) is 1. The number of amides is 1. The van der Waals surface area contributed by atoms with Gasteiger partial charge in [-0.15, -0.1) is 0 Å².